The molecule has 27 heavy (non-hydrogen) atoms. The van der Waals surface area contributed by atoms with Gasteiger partial charge in [-0.1, -0.05) is 31.2 Å². The van der Waals surface area contributed by atoms with Gasteiger partial charge in [-0.25, -0.2) is 0 Å². The molecule has 1 heterocycles. The molecule has 1 aliphatic rings. The third-order valence-corrected chi connectivity index (χ3v) is 5.01. The molecule has 1 fully saturated rings. The van der Waals surface area contributed by atoms with E-state index in [1.807, 2.05) is 43.3 Å². The molecule has 0 saturated carbocycles. The van der Waals surface area contributed by atoms with Crippen LogP contribution in [0.4, 0.5) is 0 Å². The highest BCUT2D eigenvalue weighted by Crippen LogP contribution is 2.18. The molecule has 144 valence electrons. The van der Waals surface area contributed by atoms with E-state index < -0.39 is 0 Å². The van der Waals surface area contributed by atoms with Gasteiger partial charge in [0, 0.05) is 18.7 Å². The zero-order chi connectivity index (χ0) is 19.1. The van der Waals surface area contributed by atoms with Gasteiger partial charge in [-0.15, -0.1) is 0 Å². The molecule has 1 N–H and O–H groups in total. The minimum absolute atomic E-state index is 0.0546. The molecule has 1 unspecified atom stereocenters. The molecule has 1 atom stereocenters. The van der Waals surface area contributed by atoms with Crippen molar-refractivity contribution < 1.29 is 9.53 Å². The second kappa shape index (κ2) is 9.56. The topological polar surface area (TPSA) is 41.6 Å². The fourth-order valence-electron chi connectivity index (χ4n) is 3.59. The van der Waals surface area contributed by atoms with Gasteiger partial charge in [-0.2, -0.15) is 0 Å². The quantitative estimate of drug-likeness (QED) is 0.752. The second-order valence-corrected chi connectivity index (χ2v) is 7.60. The van der Waals surface area contributed by atoms with E-state index in [4.69, 9.17) is 4.74 Å². The van der Waals surface area contributed by atoms with E-state index in [0.29, 0.717) is 18.7 Å². The van der Waals surface area contributed by atoms with Crippen LogP contribution < -0.4 is 10.1 Å². The highest BCUT2D eigenvalue weighted by Gasteiger charge is 2.16. The maximum absolute atomic E-state index is 12.3. The number of likely N-dealkylation sites (tertiary alicyclic amines) is 1. The SMILES string of the molecule is Cc1cccc(OCCNC(=O)c2ccc(CN3CCCC(C)C3)cc2)c1. The highest BCUT2D eigenvalue weighted by atomic mass is 16.5. The molecule has 2 aromatic carbocycles. The normalized spacial score (nSPS) is 17.5. The molecule has 1 saturated heterocycles. The van der Waals surface area contributed by atoms with Crippen LogP contribution in [-0.2, 0) is 6.54 Å². The number of carbonyl (C=O) groups excluding carboxylic acids is 1. The number of hydrogen-bond acceptors (Lipinski definition) is 3. The Hall–Kier alpha value is -2.33. The van der Waals surface area contributed by atoms with Crippen LogP contribution in [0.5, 0.6) is 5.75 Å². The monoisotopic (exact) mass is 366 g/mol. The van der Waals surface area contributed by atoms with Gasteiger partial charge in [0.1, 0.15) is 12.4 Å². The van der Waals surface area contributed by atoms with Crippen molar-refractivity contribution >= 4 is 5.91 Å². The molecule has 3 rings (SSSR count). The molecule has 2 aromatic rings. The average molecular weight is 367 g/mol. The van der Waals surface area contributed by atoms with Gasteiger partial charge in [-0.3, -0.25) is 9.69 Å². The summed E-state index contributed by atoms with van der Waals surface area (Å²) in [5.41, 5.74) is 3.13. The molecular formula is C23H30N2O2. The first-order valence-corrected chi connectivity index (χ1v) is 9.89. The summed E-state index contributed by atoms with van der Waals surface area (Å²) >= 11 is 0. The summed E-state index contributed by atoms with van der Waals surface area (Å²) in [5.74, 6) is 1.56. The van der Waals surface area contributed by atoms with Gasteiger partial charge in [0.2, 0.25) is 0 Å². The molecule has 4 nitrogen and oxygen atoms in total. The zero-order valence-corrected chi connectivity index (χ0v) is 16.4. The summed E-state index contributed by atoms with van der Waals surface area (Å²) in [4.78, 5) is 14.8. The van der Waals surface area contributed by atoms with Crippen LogP contribution in [-0.4, -0.2) is 37.0 Å². The van der Waals surface area contributed by atoms with Crippen molar-refractivity contribution in [2.45, 2.75) is 33.2 Å². The lowest BCUT2D eigenvalue weighted by atomic mass is 9.99. The van der Waals surface area contributed by atoms with Crippen molar-refractivity contribution in [3.63, 3.8) is 0 Å². The predicted octanol–water partition coefficient (Wildman–Crippen LogP) is 4.04. The Morgan fingerprint density at radius 3 is 2.78 bits per heavy atom. The molecule has 1 amide bonds. The number of nitrogens with one attached hydrogen (secondary N) is 1. The third kappa shape index (κ3) is 6.10. The van der Waals surface area contributed by atoms with Crippen LogP contribution >= 0.6 is 0 Å². The number of benzene rings is 2. The summed E-state index contributed by atoms with van der Waals surface area (Å²) in [5, 5.41) is 2.92. The molecule has 4 heteroatoms. The number of ether oxygens (including phenoxy) is 1. The number of carbonyl (C=O) groups is 1. The lowest BCUT2D eigenvalue weighted by Gasteiger charge is -2.30. The Morgan fingerprint density at radius 2 is 2.04 bits per heavy atom. The van der Waals surface area contributed by atoms with Crippen molar-refractivity contribution in [3.05, 3.63) is 65.2 Å². The Kier molecular flexibility index (Phi) is 6.88. The van der Waals surface area contributed by atoms with E-state index in [2.05, 4.69) is 29.3 Å². The van der Waals surface area contributed by atoms with E-state index in [1.165, 1.54) is 31.5 Å². The lowest BCUT2D eigenvalue weighted by Crippen LogP contribution is -2.33. The van der Waals surface area contributed by atoms with Gasteiger partial charge >= 0.3 is 0 Å². The van der Waals surface area contributed by atoms with Crippen LogP contribution in [0.15, 0.2) is 48.5 Å². The van der Waals surface area contributed by atoms with E-state index in [-0.39, 0.29) is 5.91 Å². The summed E-state index contributed by atoms with van der Waals surface area (Å²) in [7, 11) is 0. The lowest BCUT2D eigenvalue weighted by molar-refractivity contribution is 0.0947. The number of piperidine rings is 1. The molecule has 0 aliphatic carbocycles. The third-order valence-electron chi connectivity index (χ3n) is 5.01. The van der Waals surface area contributed by atoms with Crippen molar-refractivity contribution in [3.8, 4) is 5.75 Å². The van der Waals surface area contributed by atoms with Crippen LogP contribution in [0.3, 0.4) is 0 Å². The van der Waals surface area contributed by atoms with Crippen molar-refractivity contribution in [2.75, 3.05) is 26.2 Å². The summed E-state index contributed by atoms with van der Waals surface area (Å²) < 4.78 is 5.67. The maximum Gasteiger partial charge on any atom is 0.251 e. The van der Waals surface area contributed by atoms with Gasteiger partial charge < -0.3 is 10.1 Å². The van der Waals surface area contributed by atoms with E-state index >= 15 is 0 Å². The van der Waals surface area contributed by atoms with Crippen LogP contribution in [0.1, 0.15) is 41.3 Å². The molecule has 0 bridgehead atoms. The van der Waals surface area contributed by atoms with Gasteiger partial charge in [-0.05, 0) is 67.6 Å². The molecular weight excluding hydrogens is 336 g/mol. The molecule has 0 radical (unpaired) electrons. The largest absolute Gasteiger partial charge is 0.492 e. The second-order valence-electron chi connectivity index (χ2n) is 7.60. The van der Waals surface area contributed by atoms with Gasteiger partial charge in [0.15, 0.2) is 0 Å². The van der Waals surface area contributed by atoms with Gasteiger partial charge in [0.05, 0.1) is 6.54 Å². The van der Waals surface area contributed by atoms with Crippen LogP contribution in [0.2, 0.25) is 0 Å². The minimum Gasteiger partial charge on any atom is -0.492 e. The van der Waals surface area contributed by atoms with Crippen molar-refractivity contribution in [1.82, 2.24) is 10.2 Å². The fourth-order valence-corrected chi connectivity index (χ4v) is 3.59. The number of aryl methyl sites for hydroxylation is 1. The van der Waals surface area contributed by atoms with E-state index in [0.717, 1.165) is 23.8 Å². The first kappa shape index (κ1) is 19.4. The van der Waals surface area contributed by atoms with Gasteiger partial charge in [0.25, 0.3) is 5.91 Å². The minimum atomic E-state index is -0.0546. The molecule has 1 aliphatic heterocycles. The van der Waals surface area contributed by atoms with Crippen molar-refractivity contribution in [2.24, 2.45) is 5.92 Å². The zero-order valence-electron chi connectivity index (χ0n) is 16.4. The van der Waals surface area contributed by atoms with Crippen molar-refractivity contribution in [1.29, 1.82) is 0 Å². The number of hydrogen-bond donors (Lipinski definition) is 1. The average Bonchev–Trinajstić information content (AvgIpc) is 2.66. The molecule has 0 spiro atoms. The predicted molar refractivity (Wildman–Crippen MR) is 109 cm³/mol. The van der Waals surface area contributed by atoms with Crippen LogP contribution in [0.25, 0.3) is 0 Å². The Bertz CT molecular complexity index is 742. The first-order valence-electron chi connectivity index (χ1n) is 9.89. The summed E-state index contributed by atoms with van der Waals surface area (Å²) in [6.45, 7) is 8.61. The highest BCUT2D eigenvalue weighted by molar-refractivity contribution is 5.94. The maximum atomic E-state index is 12.3. The Balaban J connectivity index is 1.42. The smallest absolute Gasteiger partial charge is 0.251 e. The summed E-state index contributed by atoms with van der Waals surface area (Å²) in [6.07, 6.45) is 2.62. The summed E-state index contributed by atoms with van der Waals surface area (Å²) in [6, 6.07) is 15.9. The molecule has 0 aromatic heterocycles. The fraction of sp³-hybridized carbons (Fsp3) is 0.435. The number of nitrogens with zero attached hydrogens (tertiary/aromatic N) is 1. The Labute approximate surface area is 162 Å². The van der Waals surface area contributed by atoms with E-state index in [9.17, 15) is 4.79 Å². The Morgan fingerprint density at radius 1 is 1.22 bits per heavy atom. The van der Waals surface area contributed by atoms with Crippen LogP contribution in [0, 0.1) is 12.8 Å². The number of amides is 1. The standard InChI is InChI=1S/C23H30N2O2/c1-18-5-3-7-22(15-18)27-14-12-24-23(26)21-10-8-20(9-11-21)17-25-13-4-6-19(2)16-25/h3,5,7-11,15,19H,4,6,12-14,16-17H2,1-2H3,(H,24,26). The first-order chi connectivity index (χ1) is 13.1. The van der Waals surface area contributed by atoms with E-state index in [1.54, 1.807) is 0 Å². The number of rotatable bonds is 7.